The Kier molecular flexibility index (Phi) is 4.38. The first-order valence-electron chi connectivity index (χ1n) is 9.68. The van der Waals surface area contributed by atoms with Crippen molar-refractivity contribution in [3.8, 4) is 0 Å². The zero-order chi connectivity index (χ0) is 19.4. The maximum absolute atomic E-state index is 14.0. The van der Waals surface area contributed by atoms with E-state index in [1.165, 1.54) is 10.4 Å². The van der Waals surface area contributed by atoms with Gasteiger partial charge in [0.2, 0.25) is 10.0 Å². The molecule has 27 heavy (non-hydrogen) atoms. The van der Waals surface area contributed by atoms with E-state index in [1.54, 1.807) is 18.2 Å². The highest BCUT2D eigenvalue weighted by atomic mass is 32.2. The van der Waals surface area contributed by atoms with Crippen LogP contribution in [0.1, 0.15) is 33.1 Å². The summed E-state index contributed by atoms with van der Waals surface area (Å²) in [6.07, 6.45) is 2.14. The summed E-state index contributed by atoms with van der Waals surface area (Å²) in [5.41, 5.74) is -0.482. The Hall–Kier alpha value is -1.47. The maximum Gasteiger partial charge on any atom is 0.215 e. The number of ketones is 1. The van der Waals surface area contributed by atoms with Gasteiger partial charge in [-0.3, -0.25) is 4.79 Å². The first kappa shape index (κ1) is 18.9. The number of Topliss-reactive ketones (excluding diaryl/α,β-unsaturated/α-hetero) is 1. The molecule has 2 atom stereocenters. The number of hydrogen-bond donors (Lipinski definition) is 0. The van der Waals surface area contributed by atoms with Crippen molar-refractivity contribution in [2.75, 3.05) is 36.8 Å². The third-order valence-electron chi connectivity index (χ3n) is 7.39. The lowest BCUT2D eigenvalue weighted by Crippen LogP contribution is -2.53. The molecule has 2 bridgehead atoms. The van der Waals surface area contributed by atoms with Crippen LogP contribution in [0.25, 0.3) is 0 Å². The van der Waals surface area contributed by atoms with E-state index < -0.39 is 15.4 Å². The van der Waals surface area contributed by atoms with Crippen LogP contribution < -0.4 is 4.90 Å². The molecule has 1 aliphatic heterocycles. The first-order chi connectivity index (χ1) is 12.7. The van der Waals surface area contributed by atoms with Crippen molar-refractivity contribution < 1.29 is 17.6 Å². The van der Waals surface area contributed by atoms with Gasteiger partial charge in [-0.25, -0.2) is 12.8 Å². The number of sulfonamides is 1. The Labute approximate surface area is 160 Å². The molecule has 0 N–H and O–H groups in total. The highest BCUT2D eigenvalue weighted by Crippen LogP contribution is 2.64. The predicted octanol–water partition coefficient (Wildman–Crippen LogP) is 2.67. The lowest BCUT2D eigenvalue weighted by Gasteiger charge is -2.40. The molecule has 5 nitrogen and oxygen atoms in total. The molecule has 3 fully saturated rings. The lowest BCUT2D eigenvalue weighted by atomic mass is 9.70. The smallest absolute Gasteiger partial charge is 0.215 e. The van der Waals surface area contributed by atoms with Crippen LogP contribution in [0.5, 0.6) is 0 Å². The molecule has 0 amide bonds. The van der Waals surface area contributed by atoms with Gasteiger partial charge in [-0.15, -0.1) is 0 Å². The summed E-state index contributed by atoms with van der Waals surface area (Å²) in [4.78, 5) is 14.6. The minimum atomic E-state index is -3.54. The summed E-state index contributed by atoms with van der Waals surface area (Å²) >= 11 is 0. The quantitative estimate of drug-likeness (QED) is 0.788. The Morgan fingerprint density at radius 3 is 2.37 bits per heavy atom. The van der Waals surface area contributed by atoms with Crippen molar-refractivity contribution in [3.63, 3.8) is 0 Å². The highest BCUT2D eigenvalue weighted by molar-refractivity contribution is 7.89. The SMILES string of the molecule is CC1(C)[C@H]2CCC1(CS(=O)(=O)N1CCN(c3ccccc3F)CC1)C(=O)C2. The maximum atomic E-state index is 14.0. The third-order valence-corrected chi connectivity index (χ3v) is 9.40. The van der Waals surface area contributed by atoms with E-state index >= 15 is 0 Å². The van der Waals surface area contributed by atoms with Crippen LogP contribution in [0.2, 0.25) is 0 Å². The average molecular weight is 395 g/mol. The van der Waals surface area contributed by atoms with Gasteiger partial charge in [0.1, 0.15) is 11.6 Å². The standard InChI is InChI=1S/C20H27FN2O3S/c1-19(2)15-7-8-20(19,18(24)13-15)14-27(25,26)23-11-9-22(10-12-23)17-6-4-3-5-16(17)21/h3-6,15H,7-14H2,1-2H3/t15-,20?/m0/s1. The fourth-order valence-corrected chi connectivity index (χ4v) is 7.63. The molecular formula is C20H27FN2O3S. The third kappa shape index (κ3) is 2.81. The van der Waals surface area contributed by atoms with E-state index in [9.17, 15) is 17.6 Å². The van der Waals surface area contributed by atoms with Crippen molar-refractivity contribution in [1.29, 1.82) is 0 Å². The number of para-hydroxylation sites is 1. The Balaban J connectivity index is 1.48. The second kappa shape index (κ2) is 6.27. The summed E-state index contributed by atoms with van der Waals surface area (Å²) in [6.45, 7) is 5.66. The number of nitrogens with zero attached hydrogens (tertiary/aromatic N) is 2. The fraction of sp³-hybridized carbons (Fsp3) is 0.650. The minimum Gasteiger partial charge on any atom is -0.367 e. The molecule has 2 aliphatic carbocycles. The van der Waals surface area contributed by atoms with Crippen molar-refractivity contribution >= 4 is 21.5 Å². The normalized spacial score (nSPS) is 30.9. The number of rotatable bonds is 4. The van der Waals surface area contributed by atoms with E-state index in [4.69, 9.17) is 0 Å². The molecule has 7 heteroatoms. The number of carbonyl (C=O) groups excluding carboxylic acids is 1. The largest absolute Gasteiger partial charge is 0.367 e. The zero-order valence-corrected chi connectivity index (χ0v) is 16.8. The lowest BCUT2D eigenvalue weighted by molar-refractivity contribution is -0.128. The number of fused-ring (bicyclic) bond motifs is 2. The van der Waals surface area contributed by atoms with E-state index in [0.29, 0.717) is 50.6 Å². The summed E-state index contributed by atoms with van der Waals surface area (Å²) in [5, 5.41) is 0. The molecule has 1 saturated heterocycles. The summed E-state index contributed by atoms with van der Waals surface area (Å²) in [5.74, 6) is 0.0561. The number of anilines is 1. The number of hydrogen-bond acceptors (Lipinski definition) is 4. The fourth-order valence-electron chi connectivity index (χ4n) is 5.43. The van der Waals surface area contributed by atoms with E-state index in [0.717, 1.165) is 6.42 Å². The summed E-state index contributed by atoms with van der Waals surface area (Å²) < 4.78 is 41.8. The predicted molar refractivity (Wildman–Crippen MR) is 103 cm³/mol. The molecule has 3 aliphatic rings. The molecule has 2 saturated carbocycles. The van der Waals surface area contributed by atoms with Gasteiger partial charge in [0.15, 0.2) is 0 Å². The van der Waals surface area contributed by atoms with Gasteiger partial charge in [0.05, 0.1) is 11.4 Å². The molecular weight excluding hydrogens is 367 g/mol. The van der Waals surface area contributed by atoms with Gasteiger partial charge < -0.3 is 4.90 Å². The number of benzene rings is 1. The van der Waals surface area contributed by atoms with Crippen molar-refractivity contribution in [1.82, 2.24) is 4.31 Å². The number of carbonyl (C=O) groups is 1. The van der Waals surface area contributed by atoms with Gasteiger partial charge in [-0.1, -0.05) is 26.0 Å². The molecule has 0 aromatic heterocycles. The van der Waals surface area contributed by atoms with Crippen molar-refractivity contribution in [3.05, 3.63) is 30.1 Å². The van der Waals surface area contributed by atoms with Gasteiger partial charge in [-0.05, 0) is 36.3 Å². The molecule has 1 heterocycles. The molecule has 1 aromatic rings. The summed E-state index contributed by atoms with van der Waals surface area (Å²) in [7, 11) is -3.54. The van der Waals surface area contributed by atoms with Crippen LogP contribution in [-0.2, 0) is 14.8 Å². The summed E-state index contributed by atoms with van der Waals surface area (Å²) in [6, 6.07) is 6.57. The highest BCUT2D eigenvalue weighted by Gasteiger charge is 2.65. The zero-order valence-electron chi connectivity index (χ0n) is 15.9. The van der Waals surface area contributed by atoms with Gasteiger partial charge in [0.25, 0.3) is 0 Å². The minimum absolute atomic E-state index is 0.0813. The average Bonchev–Trinajstić information content (AvgIpc) is 2.96. The van der Waals surface area contributed by atoms with Crippen LogP contribution in [0.15, 0.2) is 24.3 Å². The Morgan fingerprint density at radius 1 is 1.15 bits per heavy atom. The van der Waals surface area contributed by atoms with Crippen molar-refractivity contribution in [2.24, 2.45) is 16.7 Å². The second-order valence-electron chi connectivity index (χ2n) is 8.76. The van der Waals surface area contributed by atoms with Gasteiger partial charge in [-0.2, -0.15) is 4.31 Å². The number of piperazine rings is 1. The number of halogens is 1. The van der Waals surface area contributed by atoms with Crippen molar-refractivity contribution in [2.45, 2.75) is 33.1 Å². The topological polar surface area (TPSA) is 57.7 Å². The van der Waals surface area contributed by atoms with E-state index in [2.05, 4.69) is 13.8 Å². The Morgan fingerprint density at radius 2 is 1.81 bits per heavy atom. The van der Waals surface area contributed by atoms with Crippen LogP contribution in [-0.4, -0.2) is 50.4 Å². The molecule has 1 unspecified atom stereocenters. The monoisotopic (exact) mass is 394 g/mol. The molecule has 0 radical (unpaired) electrons. The Bertz CT molecular complexity index is 862. The molecule has 148 valence electrons. The van der Waals surface area contributed by atoms with Crippen LogP contribution in [0.4, 0.5) is 10.1 Å². The molecule has 0 spiro atoms. The van der Waals surface area contributed by atoms with Gasteiger partial charge in [0, 0.05) is 38.0 Å². The molecule has 1 aromatic carbocycles. The van der Waals surface area contributed by atoms with E-state index in [-0.39, 0.29) is 22.8 Å². The van der Waals surface area contributed by atoms with E-state index in [1.807, 2.05) is 4.90 Å². The molecule has 4 rings (SSSR count). The second-order valence-corrected chi connectivity index (χ2v) is 10.7. The van der Waals surface area contributed by atoms with Crippen LogP contribution in [0, 0.1) is 22.6 Å². The van der Waals surface area contributed by atoms with Crippen LogP contribution in [0.3, 0.4) is 0 Å². The van der Waals surface area contributed by atoms with Gasteiger partial charge >= 0.3 is 0 Å². The first-order valence-corrected chi connectivity index (χ1v) is 11.3. The van der Waals surface area contributed by atoms with Crippen LogP contribution >= 0.6 is 0 Å².